The maximum Gasteiger partial charge on any atom is 0.263 e. The fraction of sp³-hybridized carbons (Fsp3) is 0.533. The van der Waals surface area contributed by atoms with Gasteiger partial charge >= 0.3 is 0 Å². The van der Waals surface area contributed by atoms with E-state index in [4.69, 9.17) is 16.3 Å². The molecule has 1 saturated heterocycles. The molecule has 2 unspecified atom stereocenters. The van der Waals surface area contributed by atoms with Crippen molar-refractivity contribution in [1.29, 1.82) is 0 Å². The zero-order valence-corrected chi connectivity index (χ0v) is 14.1. The third-order valence-electron chi connectivity index (χ3n) is 3.52. The third-order valence-corrected chi connectivity index (χ3v) is 3.83. The fourth-order valence-corrected chi connectivity index (χ4v) is 2.51. The van der Waals surface area contributed by atoms with E-state index < -0.39 is 6.10 Å². The van der Waals surface area contributed by atoms with Gasteiger partial charge in [0.1, 0.15) is 5.75 Å². The first-order valence-corrected chi connectivity index (χ1v) is 7.31. The predicted molar refractivity (Wildman–Crippen MR) is 87.6 cm³/mol. The molecule has 0 radical (unpaired) electrons. The van der Waals surface area contributed by atoms with E-state index in [2.05, 4.69) is 5.32 Å². The maximum atomic E-state index is 12.4. The second kappa shape index (κ2) is 7.87. The fourth-order valence-electron chi connectivity index (χ4n) is 2.34. The van der Waals surface area contributed by atoms with Gasteiger partial charge in [0.25, 0.3) is 5.91 Å². The second-order valence-corrected chi connectivity index (χ2v) is 5.69. The number of amides is 1. The Kier molecular flexibility index (Phi) is 6.78. The first-order valence-electron chi connectivity index (χ1n) is 6.93. The van der Waals surface area contributed by atoms with Gasteiger partial charge in [-0.1, -0.05) is 17.7 Å². The van der Waals surface area contributed by atoms with E-state index in [-0.39, 0.29) is 24.4 Å². The van der Waals surface area contributed by atoms with Gasteiger partial charge in [0.2, 0.25) is 0 Å². The van der Waals surface area contributed by atoms with Crippen LogP contribution in [0.2, 0.25) is 5.02 Å². The van der Waals surface area contributed by atoms with Crippen LogP contribution in [0.5, 0.6) is 5.75 Å². The van der Waals surface area contributed by atoms with E-state index in [9.17, 15) is 4.79 Å². The van der Waals surface area contributed by atoms with Crippen molar-refractivity contribution in [1.82, 2.24) is 10.2 Å². The van der Waals surface area contributed by atoms with E-state index in [1.807, 2.05) is 30.9 Å². The molecule has 6 heteroatoms. The predicted octanol–water partition coefficient (Wildman–Crippen LogP) is 2.66. The summed E-state index contributed by atoms with van der Waals surface area (Å²) in [7, 11) is 0. The quantitative estimate of drug-likeness (QED) is 0.925. The third kappa shape index (κ3) is 4.50. The normalized spacial score (nSPS) is 19.6. The molecule has 1 aliphatic heterocycles. The number of halogens is 2. The van der Waals surface area contributed by atoms with Crippen molar-refractivity contribution < 1.29 is 9.53 Å². The zero-order valence-electron chi connectivity index (χ0n) is 12.6. The molecule has 1 fully saturated rings. The van der Waals surface area contributed by atoms with Gasteiger partial charge in [-0.3, -0.25) is 4.79 Å². The SMILES string of the molecule is Cc1ccc(Cl)c(OC(C)C(=O)N2CCNCC2C)c1.Cl. The first kappa shape index (κ1) is 18.1. The number of benzene rings is 1. The van der Waals surface area contributed by atoms with Gasteiger partial charge < -0.3 is 15.0 Å². The summed E-state index contributed by atoms with van der Waals surface area (Å²) in [6.07, 6.45) is -0.533. The highest BCUT2D eigenvalue weighted by atomic mass is 35.5. The van der Waals surface area contributed by atoms with E-state index in [0.717, 1.165) is 25.2 Å². The minimum Gasteiger partial charge on any atom is -0.479 e. The second-order valence-electron chi connectivity index (χ2n) is 5.28. The Labute approximate surface area is 137 Å². The van der Waals surface area contributed by atoms with Crippen LogP contribution in [0.15, 0.2) is 18.2 Å². The summed E-state index contributed by atoms with van der Waals surface area (Å²) in [6, 6.07) is 5.75. The standard InChI is InChI=1S/C15H21ClN2O2.ClH/c1-10-4-5-13(16)14(8-10)20-12(3)15(19)18-7-6-17-9-11(18)2;/h4-5,8,11-12,17H,6-7,9H2,1-3H3;1H. The van der Waals surface area contributed by atoms with Crippen molar-refractivity contribution in [3.8, 4) is 5.75 Å². The highest BCUT2D eigenvalue weighted by molar-refractivity contribution is 6.32. The van der Waals surface area contributed by atoms with Crippen LogP contribution < -0.4 is 10.1 Å². The molecule has 0 bridgehead atoms. The minimum absolute atomic E-state index is 0. The van der Waals surface area contributed by atoms with Crippen LogP contribution in [0.1, 0.15) is 19.4 Å². The summed E-state index contributed by atoms with van der Waals surface area (Å²) in [6.45, 7) is 8.15. The number of aryl methyl sites for hydroxylation is 1. The van der Waals surface area contributed by atoms with Crippen molar-refractivity contribution in [2.24, 2.45) is 0 Å². The van der Waals surface area contributed by atoms with E-state index in [1.165, 1.54) is 0 Å². The van der Waals surface area contributed by atoms with Crippen LogP contribution in [0.3, 0.4) is 0 Å². The molecule has 4 nitrogen and oxygen atoms in total. The number of nitrogens with zero attached hydrogens (tertiary/aromatic N) is 1. The topological polar surface area (TPSA) is 41.6 Å². The molecule has 0 saturated carbocycles. The number of piperazine rings is 1. The van der Waals surface area contributed by atoms with Crippen LogP contribution in [-0.2, 0) is 4.79 Å². The smallest absolute Gasteiger partial charge is 0.263 e. The molecule has 118 valence electrons. The zero-order chi connectivity index (χ0) is 14.7. The Morgan fingerprint density at radius 2 is 2.24 bits per heavy atom. The molecule has 0 aliphatic carbocycles. The maximum absolute atomic E-state index is 12.4. The van der Waals surface area contributed by atoms with E-state index >= 15 is 0 Å². The Morgan fingerprint density at radius 3 is 2.90 bits per heavy atom. The van der Waals surface area contributed by atoms with Gasteiger partial charge in [0, 0.05) is 25.7 Å². The summed E-state index contributed by atoms with van der Waals surface area (Å²) in [5, 5.41) is 3.80. The highest BCUT2D eigenvalue weighted by Gasteiger charge is 2.28. The lowest BCUT2D eigenvalue weighted by Crippen LogP contribution is -2.55. The number of ether oxygens (including phenoxy) is 1. The van der Waals surface area contributed by atoms with Crippen molar-refractivity contribution in [3.05, 3.63) is 28.8 Å². The van der Waals surface area contributed by atoms with Crippen LogP contribution >= 0.6 is 24.0 Å². The van der Waals surface area contributed by atoms with Crippen LogP contribution in [-0.4, -0.2) is 42.6 Å². The number of hydrogen-bond donors (Lipinski definition) is 1. The van der Waals surface area contributed by atoms with E-state index in [0.29, 0.717) is 10.8 Å². The van der Waals surface area contributed by atoms with Crippen LogP contribution in [0.4, 0.5) is 0 Å². The van der Waals surface area contributed by atoms with Gasteiger partial charge in [-0.15, -0.1) is 12.4 Å². The molecule has 21 heavy (non-hydrogen) atoms. The van der Waals surface area contributed by atoms with Crippen molar-refractivity contribution >= 4 is 29.9 Å². The molecule has 1 aromatic rings. The molecule has 1 heterocycles. The molecule has 2 atom stereocenters. The van der Waals surface area contributed by atoms with Crippen molar-refractivity contribution in [3.63, 3.8) is 0 Å². The molecular formula is C15H22Cl2N2O2. The average Bonchev–Trinajstić information content (AvgIpc) is 2.42. The highest BCUT2D eigenvalue weighted by Crippen LogP contribution is 2.26. The lowest BCUT2D eigenvalue weighted by Gasteiger charge is -2.35. The van der Waals surface area contributed by atoms with Gasteiger partial charge in [0.15, 0.2) is 6.10 Å². The lowest BCUT2D eigenvalue weighted by atomic mass is 10.2. The Hall–Kier alpha value is -0.970. The Bertz CT molecular complexity index is 497. The van der Waals surface area contributed by atoms with E-state index in [1.54, 1.807) is 13.0 Å². The lowest BCUT2D eigenvalue weighted by molar-refractivity contribution is -0.140. The molecule has 1 aromatic carbocycles. The van der Waals surface area contributed by atoms with Gasteiger partial charge in [-0.25, -0.2) is 0 Å². The summed E-state index contributed by atoms with van der Waals surface area (Å²) in [5.74, 6) is 0.576. The molecule has 2 rings (SSSR count). The monoisotopic (exact) mass is 332 g/mol. The summed E-state index contributed by atoms with van der Waals surface area (Å²) >= 11 is 6.10. The average molecular weight is 333 g/mol. The van der Waals surface area contributed by atoms with Crippen LogP contribution in [0, 0.1) is 6.92 Å². The summed E-state index contributed by atoms with van der Waals surface area (Å²) in [5.41, 5.74) is 1.06. The summed E-state index contributed by atoms with van der Waals surface area (Å²) < 4.78 is 5.75. The molecular weight excluding hydrogens is 311 g/mol. The Balaban J connectivity index is 0.00000220. The van der Waals surface area contributed by atoms with Gasteiger partial charge in [-0.2, -0.15) is 0 Å². The number of hydrogen-bond acceptors (Lipinski definition) is 3. The molecule has 0 spiro atoms. The molecule has 0 aromatic heterocycles. The number of rotatable bonds is 3. The number of nitrogens with one attached hydrogen (secondary N) is 1. The van der Waals surface area contributed by atoms with Crippen LogP contribution in [0.25, 0.3) is 0 Å². The molecule has 1 aliphatic rings. The van der Waals surface area contributed by atoms with Crippen molar-refractivity contribution in [2.45, 2.75) is 32.9 Å². The van der Waals surface area contributed by atoms with Gasteiger partial charge in [-0.05, 0) is 38.5 Å². The molecule has 1 amide bonds. The van der Waals surface area contributed by atoms with Gasteiger partial charge in [0.05, 0.1) is 5.02 Å². The first-order chi connectivity index (χ1) is 9.49. The van der Waals surface area contributed by atoms with Crippen molar-refractivity contribution in [2.75, 3.05) is 19.6 Å². The largest absolute Gasteiger partial charge is 0.479 e. The molecule has 1 N–H and O–H groups in total. The number of carbonyl (C=O) groups is 1. The Morgan fingerprint density at radius 1 is 1.52 bits per heavy atom. The summed E-state index contributed by atoms with van der Waals surface area (Å²) in [4.78, 5) is 14.3. The number of carbonyl (C=O) groups excluding carboxylic acids is 1. The minimum atomic E-state index is -0.533.